The van der Waals surface area contributed by atoms with Gasteiger partial charge in [-0.15, -0.1) is 0 Å². The molecular weight excluding hydrogens is 348 g/mol. The van der Waals surface area contributed by atoms with Gasteiger partial charge >= 0.3 is 0 Å². The van der Waals surface area contributed by atoms with Crippen molar-refractivity contribution in [2.45, 2.75) is 12.8 Å². The number of nitrogens with one attached hydrogen (secondary N) is 1. The molecule has 1 N–H and O–H groups in total. The first-order chi connectivity index (χ1) is 13.1. The molecule has 6 heteroatoms. The van der Waals surface area contributed by atoms with Crippen LogP contribution in [0, 0.1) is 11.6 Å². The molecule has 0 aliphatic carbocycles. The van der Waals surface area contributed by atoms with Crippen LogP contribution in [-0.4, -0.2) is 23.6 Å². The lowest BCUT2D eigenvalue weighted by molar-refractivity contribution is 0.102. The number of para-hydroxylation sites is 1. The Hall–Kier alpha value is -3.15. The molecule has 0 saturated carbocycles. The maximum Gasteiger partial charge on any atom is 0.255 e. The van der Waals surface area contributed by atoms with E-state index in [1.165, 1.54) is 24.3 Å². The SMILES string of the molecule is O=C(Nc1c(F)cccc1N1CCCC1)c1ccc(-n2cccc2)c(F)c1. The summed E-state index contributed by atoms with van der Waals surface area (Å²) in [5.74, 6) is -1.57. The zero-order valence-electron chi connectivity index (χ0n) is 14.7. The Morgan fingerprint density at radius 2 is 1.63 bits per heavy atom. The van der Waals surface area contributed by atoms with Crippen molar-refractivity contribution in [2.75, 3.05) is 23.3 Å². The number of hydrogen-bond donors (Lipinski definition) is 1. The third-order valence-electron chi connectivity index (χ3n) is 4.77. The smallest absolute Gasteiger partial charge is 0.255 e. The number of hydrogen-bond acceptors (Lipinski definition) is 2. The first kappa shape index (κ1) is 17.3. The van der Waals surface area contributed by atoms with E-state index in [1.54, 1.807) is 41.2 Å². The Labute approximate surface area is 156 Å². The van der Waals surface area contributed by atoms with Crippen LogP contribution in [0.2, 0.25) is 0 Å². The highest BCUT2D eigenvalue weighted by Gasteiger charge is 2.20. The molecule has 1 aliphatic heterocycles. The third kappa shape index (κ3) is 3.43. The van der Waals surface area contributed by atoms with E-state index >= 15 is 0 Å². The summed E-state index contributed by atoms with van der Waals surface area (Å²) in [6, 6.07) is 12.5. The number of carbonyl (C=O) groups is 1. The fraction of sp³-hybridized carbons (Fsp3) is 0.190. The van der Waals surface area contributed by atoms with E-state index in [0.29, 0.717) is 11.4 Å². The topological polar surface area (TPSA) is 37.3 Å². The summed E-state index contributed by atoms with van der Waals surface area (Å²) in [6.45, 7) is 1.65. The maximum atomic E-state index is 14.4. The maximum absolute atomic E-state index is 14.4. The van der Waals surface area contributed by atoms with Crippen LogP contribution in [-0.2, 0) is 0 Å². The lowest BCUT2D eigenvalue weighted by Crippen LogP contribution is -2.22. The molecule has 1 amide bonds. The minimum absolute atomic E-state index is 0.138. The second kappa shape index (κ2) is 7.23. The average molecular weight is 367 g/mol. The molecule has 4 nitrogen and oxygen atoms in total. The van der Waals surface area contributed by atoms with Crippen LogP contribution in [0.4, 0.5) is 20.2 Å². The fourth-order valence-electron chi connectivity index (χ4n) is 3.40. The Balaban J connectivity index is 1.61. The van der Waals surface area contributed by atoms with Gasteiger partial charge in [-0.2, -0.15) is 0 Å². The summed E-state index contributed by atoms with van der Waals surface area (Å²) < 4.78 is 30.4. The number of halogens is 2. The van der Waals surface area contributed by atoms with E-state index in [0.717, 1.165) is 25.9 Å². The number of amides is 1. The van der Waals surface area contributed by atoms with Crippen LogP contribution >= 0.6 is 0 Å². The van der Waals surface area contributed by atoms with Crippen molar-refractivity contribution in [3.05, 3.63) is 78.1 Å². The molecule has 0 spiro atoms. The molecule has 3 aromatic rings. The highest BCUT2D eigenvalue weighted by atomic mass is 19.1. The van der Waals surface area contributed by atoms with Gasteiger partial charge in [0.05, 0.1) is 11.4 Å². The quantitative estimate of drug-likeness (QED) is 0.731. The lowest BCUT2D eigenvalue weighted by Gasteiger charge is -2.22. The molecule has 1 saturated heterocycles. The summed E-state index contributed by atoms with van der Waals surface area (Å²) in [6.07, 6.45) is 5.52. The predicted octanol–water partition coefficient (Wildman–Crippen LogP) is 4.61. The zero-order chi connectivity index (χ0) is 18.8. The Morgan fingerprint density at radius 3 is 2.33 bits per heavy atom. The summed E-state index contributed by atoms with van der Waals surface area (Å²) in [4.78, 5) is 14.7. The second-order valence-electron chi connectivity index (χ2n) is 6.54. The molecule has 0 radical (unpaired) electrons. The van der Waals surface area contributed by atoms with Gasteiger partial charge in [0.15, 0.2) is 0 Å². The molecule has 1 fully saturated rings. The highest BCUT2D eigenvalue weighted by molar-refractivity contribution is 6.06. The molecule has 2 aromatic carbocycles. The van der Waals surface area contributed by atoms with E-state index in [1.807, 2.05) is 0 Å². The Morgan fingerprint density at radius 1 is 0.889 bits per heavy atom. The largest absolute Gasteiger partial charge is 0.370 e. The molecule has 4 rings (SSSR count). The van der Waals surface area contributed by atoms with Crippen molar-refractivity contribution in [3.63, 3.8) is 0 Å². The monoisotopic (exact) mass is 367 g/mol. The highest BCUT2D eigenvalue weighted by Crippen LogP contribution is 2.31. The van der Waals surface area contributed by atoms with Crippen molar-refractivity contribution in [3.8, 4) is 5.69 Å². The fourth-order valence-corrected chi connectivity index (χ4v) is 3.40. The van der Waals surface area contributed by atoms with Crippen molar-refractivity contribution in [2.24, 2.45) is 0 Å². The van der Waals surface area contributed by atoms with Gasteiger partial charge in [0, 0.05) is 31.0 Å². The standard InChI is InChI=1S/C21H19F2N3O/c22-16-6-5-7-19(26-12-3-4-13-26)20(16)24-21(27)15-8-9-18(17(23)14-15)25-10-1-2-11-25/h1-2,5-11,14H,3-4,12-13H2,(H,24,27). The van der Waals surface area contributed by atoms with Crippen molar-refractivity contribution >= 4 is 17.3 Å². The predicted molar refractivity (Wildman–Crippen MR) is 102 cm³/mol. The first-order valence-corrected chi connectivity index (χ1v) is 8.91. The minimum atomic E-state index is -0.543. The Bertz CT molecular complexity index is 964. The number of carbonyl (C=O) groups excluding carboxylic acids is 1. The normalized spacial score (nSPS) is 13.8. The van der Waals surface area contributed by atoms with Crippen molar-refractivity contribution < 1.29 is 13.6 Å². The minimum Gasteiger partial charge on any atom is -0.370 e. The van der Waals surface area contributed by atoms with Gasteiger partial charge in [-0.25, -0.2) is 8.78 Å². The van der Waals surface area contributed by atoms with Crippen LogP contribution in [0.3, 0.4) is 0 Å². The van der Waals surface area contributed by atoms with Crippen molar-refractivity contribution in [1.82, 2.24) is 4.57 Å². The molecule has 0 bridgehead atoms. The molecular formula is C21H19F2N3O. The summed E-state index contributed by atoms with van der Waals surface area (Å²) in [7, 11) is 0. The van der Waals surface area contributed by atoms with Crippen LogP contribution in [0.15, 0.2) is 60.9 Å². The molecule has 2 heterocycles. The number of aromatic nitrogens is 1. The van der Waals surface area contributed by atoms with Crippen molar-refractivity contribution in [1.29, 1.82) is 0 Å². The summed E-state index contributed by atoms with van der Waals surface area (Å²) >= 11 is 0. The average Bonchev–Trinajstić information content (AvgIpc) is 3.37. The molecule has 27 heavy (non-hydrogen) atoms. The van der Waals surface area contributed by atoms with Crippen LogP contribution in [0.25, 0.3) is 5.69 Å². The Kier molecular flexibility index (Phi) is 4.62. The van der Waals surface area contributed by atoms with Crippen LogP contribution < -0.4 is 10.2 Å². The number of nitrogens with zero attached hydrogens (tertiary/aromatic N) is 2. The van der Waals surface area contributed by atoms with Crippen LogP contribution in [0.1, 0.15) is 23.2 Å². The summed E-state index contributed by atoms with van der Waals surface area (Å²) in [5.41, 5.74) is 1.28. The van der Waals surface area contributed by atoms with E-state index in [2.05, 4.69) is 10.2 Å². The van der Waals surface area contributed by atoms with Gasteiger partial charge in [0.25, 0.3) is 5.91 Å². The van der Waals surface area contributed by atoms with Gasteiger partial charge in [-0.1, -0.05) is 6.07 Å². The molecule has 1 aliphatic rings. The molecule has 0 unspecified atom stereocenters. The van der Waals surface area contributed by atoms with Gasteiger partial charge < -0.3 is 14.8 Å². The van der Waals surface area contributed by atoms with Crippen LogP contribution in [0.5, 0.6) is 0 Å². The third-order valence-corrected chi connectivity index (χ3v) is 4.77. The summed E-state index contributed by atoms with van der Waals surface area (Å²) in [5, 5.41) is 2.62. The molecule has 0 atom stereocenters. The second-order valence-corrected chi connectivity index (χ2v) is 6.54. The van der Waals surface area contributed by atoms with Gasteiger partial charge in [0.1, 0.15) is 17.3 Å². The molecule has 1 aromatic heterocycles. The van der Waals surface area contributed by atoms with Gasteiger partial charge in [-0.3, -0.25) is 4.79 Å². The van der Waals surface area contributed by atoms with Gasteiger partial charge in [0.2, 0.25) is 0 Å². The number of anilines is 2. The zero-order valence-corrected chi connectivity index (χ0v) is 14.7. The first-order valence-electron chi connectivity index (χ1n) is 8.91. The van der Waals surface area contributed by atoms with E-state index in [9.17, 15) is 13.6 Å². The van der Waals surface area contributed by atoms with Gasteiger partial charge in [-0.05, 0) is 55.3 Å². The number of benzene rings is 2. The lowest BCUT2D eigenvalue weighted by atomic mass is 10.1. The van der Waals surface area contributed by atoms with E-state index in [4.69, 9.17) is 0 Å². The molecule has 138 valence electrons. The van der Waals surface area contributed by atoms with E-state index in [-0.39, 0.29) is 11.3 Å². The number of rotatable bonds is 4. The van der Waals surface area contributed by atoms with E-state index < -0.39 is 17.5 Å².